The summed E-state index contributed by atoms with van der Waals surface area (Å²) in [5.74, 6) is -0.991. The van der Waals surface area contributed by atoms with Crippen molar-refractivity contribution in [3.05, 3.63) is 38.1 Å². The molecule has 15 heavy (non-hydrogen) atoms. The molecule has 5 heteroatoms. The molecule has 0 radical (unpaired) electrons. The summed E-state index contributed by atoms with van der Waals surface area (Å²) in [5.41, 5.74) is -1.61. The maximum atomic E-state index is 11.2. The van der Waals surface area contributed by atoms with Gasteiger partial charge in [-0.25, -0.2) is 4.79 Å². The zero-order valence-corrected chi connectivity index (χ0v) is 7.73. The fraction of sp³-hybridized carbons (Fsp3) is 0.100. The summed E-state index contributed by atoms with van der Waals surface area (Å²) >= 11 is 0. The molecular weight excluding hydrogens is 200 g/mol. The van der Waals surface area contributed by atoms with E-state index >= 15 is 0 Å². The van der Waals surface area contributed by atoms with E-state index in [0.29, 0.717) is 0 Å². The van der Waals surface area contributed by atoms with E-state index in [1.54, 1.807) is 0 Å². The second-order valence-corrected chi connectivity index (χ2v) is 3.03. The zero-order chi connectivity index (χ0) is 11.2. The number of carboxylic acid groups (broad SMARTS) is 1. The lowest BCUT2D eigenvalue weighted by Gasteiger charge is -2.08. The van der Waals surface area contributed by atoms with Gasteiger partial charge in [-0.15, -0.1) is 0 Å². The Labute approximate surface area is 83.2 Å². The average molecular weight is 206 g/mol. The molecule has 5 nitrogen and oxygen atoms in total. The highest BCUT2D eigenvalue weighted by molar-refractivity contribution is 6.07. The minimum absolute atomic E-state index is 0.0492. The van der Waals surface area contributed by atoms with Crippen LogP contribution in [-0.4, -0.2) is 18.2 Å². The molecule has 0 amide bonds. The van der Waals surface area contributed by atoms with Crippen LogP contribution in [0.15, 0.2) is 21.7 Å². The van der Waals surface area contributed by atoms with Gasteiger partial charge in [-0.1, -0.05) is 0 Å². The van der Waals surface area contributed by atoms with Crippen molar-refractivity contribution in [2.75, 3.05) is 7.11 Å². The summed E-state index contributed by atoms with van der Waals surface area (Å²) in [5, 5.41) is 8.81. The zero-order valence-electron chi connectivity index (χ0n) is 7.73. The Kier molecular flexibility index (Phi) is 1.82. The first-order valence-electron chi connectivity index (χ1n) is 4.11. The number of hydrogen-bond acceptors (Lipinski definition) is 4. The van der Waals surface area contributed by atoms with Gasteiger partial charge >= 0.3 is 5.97 Å². The molecule has 0 aliphatic heterocycles. The number of rotatable bonds is 2. The van der Waals surface area contributed by atoms with Gasteiger partial charge < -0.3 is 9.84 Å². The highest BCUT2D eigenvalue weighted by atomic mass is 16.5. The lowest BCUT2D eigenvalue weighted by molar-refractivity contribution is 0.0699. The Morgan fingerprint density at radius 1 is 1.20 bits per heavy atom. The third kappa shape index (κ3) is 1.06. The monoisotopic (exact) mass is 206 g/mol. The smallest absolute Gasteiger partial charge is 0.336 e. The van der Waals surface area contributed by atoms with Crippen molar-refractivity contribution in [2.45, 2.75) is 0 Å². The molecule has 0 saturated carbocycles. The summed E-state index contributed by atoms with van der Waals surface area (Å²) in [7, 11) is 1.35. The van der Waals surface area contributed by atoms with Crippen molar-refractivity contribution in [3.63, 3.8) is 0 Å². The van der Waals surface area contributed by atoms with Crippen molar-refractivity contribution in [1.82, 2.24) is 0 Å². The molecule has 0 aliphatic carbocycles. The van der Waals surface area contributed by atoms with Crippen LogP contribution in [0.2, 0.25) is 0 Å². The fourth-order valence-corrected chi connectivity index (χ4v) is 1.56. The molecule has 0 aliphatic rings. The number of methoxy groups -OCH3 is 1. The topological polar surface area (TPSA) is 80.7 Å². The first kappa shape index (κ1) is 9.39. The van der Waals surface area contributed by atoms with Crippen molar-refractivity contribution in [2.24, 2.45) is 0 Å². The van der Waals surface area contributed by atoms with E-state index in [2.05, 4.69) is 0 Å². The Morgan fingerprint density at radius 2 is 1.80 bits per heavy atom. The molecule has 76 valence electrons. The number of ether oxygens (including phenoxy) is 1. The minimum atomic E-state index is -1.23. The maximum absolute atomic E-state index is 11.2. The van der Waals surface area contributed by atoms with E-state index in [1.807, 2.05) is 0 Å². The van der Waals surface area contributed by atoms with Crippen LogP contribution in [0.1, 0.15) is 10.4 Å². The standard InChI is InChI=1S/C10H6O5/c1-15-5-3-2-4(10(13)14)6-7(5)9(12)8(6)11/h2-3H,1H3,(H,13,14). The van der Waals surface area contributed by atoms with Gasteiger partial charge in [0.05, 0.1) is 23.4 Å². The summed E-state index contributed by atoms with van der Waals surface area (Å²) in [6.07, 6.45) is 0. The molecule has 0 heterocycles. The van der Waals surface area contributed by atoms with E-state index in [0.717, 1.165) is 0 Å². The Morgan fingerprint density at radius 3 is 2.33 bits per heavy atom. The van der Waals surface area contributed by atoms with E-state index in [4.69, 9.17) is 9.84 Å². The van der Waals surface area contributed by atoms with Gasteiger partial charge in [-0.3, -0.25) is 9.59 Å². The van der Waals surface area contributed by atoms with Crippen LogP contribution in [-0.2, 0) is 0 Å². The van der Waals surface area contributed by atoms with Crippen molar-refractivity contribution >= 4 is 16.7 Å². The largest absolute Gasteiger partial charge is 0.496 e. The second kappa shape index (κ2) is 2.91. The molecule has 0 aromatic heterocycles. The van der Waals surface area contributed by atoms with Crippen LogP contribution < -0.4 is 15.6 Å². The summed E-state index contributed by atoms with van der Waals surface area (Å²) < 4.78 is 4.86. The predicted octanol–water partition coefficient (Wildman–Crippen LogP) is 0.143. The summed E-state index contributed by atoms with van der Waals surface area (Å²) in [6, 6.07) is 2.62. The van der Waals surface area contributed by atoms with Crippen LogP contribution in [0.5, 0.6) is 5.75 Å². The average Bonchev–Trinajstić information content (AvgIpc) is 2.25. The van der Waals surface area contributed by atoms with Crippen LogP contribution >= 0.6 is 0 Å². The van der Waals surface area contributed by atoms with Gasteiger partial charge in [0.2, 0.25) is 10.9 Å². The summed E-state index contributed by atoms with van der Waals surface area (Å²) in [4.78, 5) is 33.1. The number of carbonyl (C=O) groups is 1. The number of fused-ring (bicyclic) bond motifs is 1. The van der Waals surface area contributed by atoms with Crippen LogP contribution in [0, 0.1) is 0 Å². The van der Waals surface area contributed by atoms with Gasteiger partial charge in [-0.05, 0) is 12.1 Å². The lowest BCUT2D eigenvalue weighted by Crippen LogP contribution is -2.32. The Bertz CT molecular complexity index is 631. The number of carboxylic acids is 1. The molecule has 1 N–H and O–H groups in total. The lowest BCUT2D eigenvalue weighted by atomic mass is 9.98. The molecule has 0 spiro atoms. The highest BCUT2D eigenvalue weighted by Crippen LogP contribution is 2.24. The Balaban J connectivity index is 2.92. The molecule has 0 atom stereocenters. The van der Waals surface area contributed by atoms with Crippen LogP contribution in [0.4, 0.5) is 0 Å². The summed E-state index contributed by atoms with van der Waals surface area (Å²) in [6.45, 7) is 0. The number of hydrogen-bond donors (Lipinski definition) is 1. The minimum Gasteiger partial charge on any atom is -0.496 e. The van der Waals surface area contributed by atoms with Crippen molar-refractivity contribution in [1.29, 1.82) is 0 Å². The molecule has 2 rings (SSSR count). The van der Waals surface area contributed by atoms with Crippen LogP contribution in [0.3, 0.4) is 0 Å². The second-order valence-electron chi connectivity index (χ2n) is 3.03. The van der Waals surface area contributed by atoms with E-state index in [9.17, 15) is 14.4 Å². The number of aromatic carboxylic acids is 1. The van der Waals surface area contributed by atoms with Gasteiger partial charge in [-0.2, -0.15) is 0 Å². The van der Waals surface area contributed by atoms with Gasteiger partial charge in [0.1, 0.15) is 5.75 Å². The predicted molar refractivity (Wildman–Crippen MR) is 52.4 cm³/mol. The van der Waals surface area contributed by atoms with Gasteiger partial charge in [0.25, 0.3) is 0 Å². The van der Waals surface area contributed by atoms with Gasteiger partial charge in [0, 0.05) is 0 Å². The van der Waals surface area contributed by atoms with Crippen LogP contribution in [0.25, 0.3) is 10.8 Å². The Hall–Kier alpha value is -2.17. The SMILES string of the molecule is COc1ccc(C(=O)O)c2c(=O)c(=O)c12. The molecule has 2 aromatic rings. The van der Waals surface area contributed by atoms with Crippen molar-refractivity contribution in [3.8, 4) is 5.75 Å². The molecule has 0 saturated heterocycles. The first-order valence-corrected chi connectivity index (χ1v) is 4.11. The molecular formula is C10H6O5. The third-order valence-corrected chi connectivity index (χ3v) is 2.28. The quantitative estimate of drug-likeness (QED) is 0.707. The van der Waals surface area contributed by atoms with E-state index < -0.39 is 16.8 Å². The normalized spacial score (nSPS) is 10.7. The maximum Gasteiger partial charge on any atom is 0.336 e. The molecule has 0 fully saturated rings. The fourth-order valence-electron chi connectivity index (χ4n) is 1.56. The first-order chi connectivity index (χ1) is 7.07. The van der Waals surface area contributed by atoms with Gasteiger partial charge in [0.15, 0.2) is 0 Å². The molecule has 0 unspecified atom stereocenters. The molecule has 0 bridgehead atoms. The van der Waals surface area contributed by atoms with Crippen molar-refractivity contribution < 1.29 is 14.6 Å². The molecule has 2 aromatic carbocycles. The van der Waals surface area contributed by atoms with E-state index in [1.165, 1.54) is 19.2 Å². The highest BCUT2D eigenvalue weighted by Gasteiger charge is 2.23. The van der Waals surface area contributed by atoms with E-state index in [-0.39, 0.29) is 22.1 Å². The third-order valence-electron chi connectivity index (χ3n) is 2.28. The number of benzene rings is 1.